The summed E-state index contributed by atoms with van der Waals surface area (Å²) in [5.74, 6) is -1.35. The van der Waals surface area contributed by atoms with E-state index in [0.717, 1.165) is 21.8 Å². The molecule has 3 rings (SSSR count). The lowest BCUT2D eigenvalue weighted by atomic mass is 10.2. The maximum absolute atomic E-state index is 12.6. The van der Waals surface area contributed by atoms with Gasteiger partial charge in [-0.05, 0) is 29.8 Å². The maximum atomic E-state index is 12.6. The van der Waals surface area contributed by atoms with Crippen LogP contribution >= 0.6 is 23.5 Å². The van der Waals surface area contributed by atoms with E-state index >= 15 is 0 Å². The summed E-state index contributed by atoms with van der Waals surface area (Å²) in [7, 11) is 3.17. The van der Waals surface area contributed by atoms with Gasteiger partial charge in [-0.25, -0.2) is 4.98 Å². The van der Waals surface area contributed by atoms with Gasteiger partial charge in [0.2, 0.25) is 0 Å². The lowest BCUT2D eigenvalue weighted by Gasteiger charge is -2.11. The van der Waals surface area contributed by atoms with Gasteiger partial charge in [0, 0.05) is 19.4 Å². The smallest absolute Gasteiger partial charge is 0.289 e. The van der Waals surface area contributed by atoms with Gasteiger partial charge in [-0.1, -0.05) is 41.7 Å². The second-order valence-corrected chi connectivity index (χ2v) is 7.65. The van der Waals surface area contributed by atoms with Gasteiger partial charge in [-0.3, -0.25) is 0 Å². The molecule has 0 spiro atoms. The Morgan fingerprint density at radius 2 is 1.96 bits per heavy atom. The van der Waals surface area contributed by atoms with Crippen LogP contribution < -0.4 is 4.74 Å². The number of rotatable bonds is 9. The Labute approximate surface area is 165 Å². The average molecular weight is 411 g/mol. The highest BCUT2D eigenvalue weighted by Crippen LogP contribution is 2.35. The number of ether oxygens (including phenoxy) is 2. The molecular weight excluding hydrogens is 390 g/mol. The number of alkyl halides is 2. The fourth-order valence-electron chi connectivity index (χ4n) is 2.71. The third-order valence-electron chi connectivity index (χ3n) is 3.95. The summed E-state index contributed by atoms with van der Waals surface area (Å²) in [5.41, 5.74) is 3.00. The fraction of sp³-hybridized carbons (Fsp3) is 0.316. The highest BCUT2D eigenvalue weighted by Gasteiger charge is 2.14. The van der Waals surface area contributed by atoms with Crippen LogP contribution in [0.15, 0.2) is 52.5 Å². The minimum atomic E-state index is -2.47. The molecule has 0 fully saturated rings. The fourth-order valence-corrected chi connectivity index (χ4v) is 4.29. The Morgan fingerprint density at radius 3 is 2.70 bits per heavy atom. The summed E-state index contributed by atoms with van der Waals surface area (Å²) in [6, 6.07) is 13.3. The van der Waals surface area contributed by atoms with Crippen molar-refractivity contribution in [2.75, 3.05) is 20.8 Å². The van der Waals surface area contributed by atoms with Crippen molar-refractivity contribution in [2.45, 2.75) is 28.1 Å². The highest BCUT2D eigenvalue weighted by atomic mass is 32.2. The quantitative estimate of drug-likeness (QED) is 0.448. The highest BCUT2D eigenvalue weighted by molar-refractivity contribution is 7.99. The molecule has 144 valence electrons. The van der Waals surface area contributed by atoms with Gasteiger partial charge >= 0.3 is 0 Å². The number of nitrogens with zero attached hydrogens (tertiary/aromatic N) is 2. The van der Waals surface area contributed by atoms with Gasteiger partial charge in [0.25, 0.3) is 5.76 Å². The van der Waals surface area contributed by atoms with Crippen LogP contribution in [0.1, 0.15) is 5.56 Å². The van der Waals surface area contributed by atoms with Gasteiger partial charge in [-0.15, -0.1) is 0 Å². The third-order valence-corrected chi connectivity index (χ3v) is 5.77. The molecule has 4 nitrogen and oxygen atoms in total. The molecule has 8 heteroatoms. The number of hydrogen-bond acceptors (Lipinski definition) is 5. The molecule has 0 unspecified atom stereocenters. The summed E-state index contributed by atoms with van der Waals surface area (Å²) in [6.07, 6.45) is 0. The van der Waals surface area contributed by atoms with E-state index in [0.29, 0.717) is 41.3 Å². The first kappa shape index (κ1) is 20.0. The summed E-state index contributed by atoms with van der Waals surface area (Å²) >= 11 is 2.09. The molecule has 0 saturated heterocycles. The van der Waals surface area contributed by atoms with E-state index in [1.54, 1.807) is 31.0 Å². The van der Waals surface area contributed by atoms with E-state index in [1.165, 1.54) is 7.11 Å². The van der Waals surface area contributed by atoms with E-state index in [2.05, 4.69) is 4.57 Å². The van der Waals surface area contributed by atoms with Gasteiger partial charge in [-0.2, -0.15) is 8.78 Å². The van der Waals surface area contributed by atoms with Crippen molar-refractivity contribution in [1.29, 1.82) is 0 Å². The monoisotopic (exact) mass is 410 g/mol. The Balaban J connectivity index is 1.80. The molecule has 27 heavy (non-hydrogen) atoms. The SMILES string of the molecule is COCCn1c(SCc2ccc(SC(F)F)c(OC)c2)nc2ccccc21. The Morgan fingerprint density at radius 1 is 1.15 bits per heavy atom. The number of para-hydroxylation sites is 2. The molecule has 1 aromatic heterocycles. The van der Waals surface area contributed by atoms with Gasteiger partial charge in [0.15, 0.2) is 5.16 Å². The molecule has 0 radical (unpaired) electrons. The lowest BCUT2D eigenvalue weighted by Crippen LogP contribution is -2.05. The molecule has 0 aliphatic rings. The number of methoxy groups -OCH3 is 2. The zero-order chi connectivity index (χ0) is 19.2. The zero-order valence-electron chi connectivity index (χ0n) is 15.0. The van der Waals surface area contributed by atoms with Crippen LogP contribution in [-0.4, -0.2) is 36.1 Å². The van der Waals surface area contributed by atoms with Crippen LogP contribution in [0, 0.1) is 0 Å². The Kier molecular flexibility index (Phi) is 6.98. The predicted octanol–water partition coefficient (Wildman–Crippen LogP) is 5.30. The molecule has 3 aromatic rings. The van der Waals surface area contributed by atoms with E-state index < -0.39 is 5.76 Å². The molecule has 0 atom stereocenters. The zero-order valence-corrected chi connectivity index (χ0v) is 16.7. The van der Waals surface area contributed by atoms with E-state index in [9.17, 15) is 8.78 Å². The van der Waals surface area contributed by atoms with Crippen molar-refractivity contribution in [3.05, 3.63) is 48.0 Å². The van der Waals surface area contributed by atoms with E-state index in [1.807, 2.05) is 30.3 Å². The van der Waals surface area contributed by atoms with Crippen LogP contribution in [0.4, 0.5) is 8.78 Å². The number of aromatic nitrogens is 2. The average Bonchev–Trinajstić information content (AvgIpc) is 3.02. The number of halogens is 2. The predicted molar refractivity (Wildman–Crippen MR) is 106 cm³/mol. The molecule has 0 aliphatic heterocycles. The second-order valence-electron chi connectivity index (χ2n) is 5.68. The van der Waals surface area contributed by atoms with Gasteiger partial charge in [0.1, 0.15) is 5.75 Å². The van der Waals surface area contributed by atoms with Crippen molar-refractivity contribution in [3.8, 4) is 5.75 Å². The summed E-state index contributed by atoms with van der Waals surface area (Å²) < 4.78 is 37.9. The second kappa shape index (κ2) is 9.43. The van der Waals surface area contributed by atoms with Crippen LogP contribution in [-0.2, 0) is 17.0 Å². The first-order valence-electron chi connectivity index (χ1n) is 8.31. The molecule has 1 heterocycles. The van der Waals surface area contributed by atoms with Gasteiger partial charge < -0.3 is 14.0 Å². The number of imidazole rings is 1. The number of thioether (sulfide) groups is 2. The Bertz CT molecular complexity index is 903. The topological polar surface area (TPSA) is 36.3 Å². The third kappa shape index (κ3) is 4.94. The van der Waals surface area contributed by atoms with Crippen molar-refractivity contribution >= 4 is 34.6 Å². The maximum Gasteiger partial charge on any atom is 0.289 e. The molecule has 0 saturated carbocycles. The molecule has 0 N–H and O–H groups in total. The van der Waals surface area contributed by atoms with Gasteiger partial charge in [0.05, 0.1) is 29.6 Å². The first-order valence-corrected chi connectivity index (χ1v) is 10.2. The molecule has 0 aliphatic carbocycles. The van der Waals surface area contributed by atoms with E-state index in [4.69, 9.17) is 14.5 Å². The minimum Gasteiger partial charge on any atom is -0.496 e. The van der Waals surface area contributed by atoms with Crippen molar-refractivity contribution in [2.24, 2.45) is 0 Å². The summed E-state index contributed by atoms with van der Waals surface area (Å²) in [6.45, 7) is 1.31. The molecule has 0 amide bonds. The molecule has 0 bridgehead atoms. The number of benzene rings is 2. The molecular formula is C19H20F2N2O2S2. The normalized spacial score (nSPS) is 11.4. The molecule has 2 aromatic carbocycles. The van der Waals surface area contributed by atoms with Crippen molar-refractivity contribution in [3.63, 3.8) is 0 Å². The van der Waals surface area contributed by atoms with Crippen LogP contribution in [0.5, 0.6) is 5.75 Å². The largest absolute Gasteiger partial charge is 0.496 e. The van der Waals surface area contributed by atoms with Crippen LogP contribution in [0.2, 0.25) is 0 Å². The Hall–Kier alpha value is -1.77. The lowest BCUT2D eigenvalue weighted by molar-refractivity contribution is 0.186. The van der Waals surface area contributed by atoms with E-state index in [-0.39, 0.29) is 0 Å². The number of hydrogen-bond donors (Lipinski definition) is 0. The minimum absolute atomic E-state index is 0.439. The first-order chi connectivity index (χ1) is 13.1. The standard InChI is InChI=1S/C19H20F2N2O2S2/c1-24-10-9-23-15-6-4-3-5-14(15)22-19(23)26-12-13-7-8-17(27-18(20)21)16(11-13)25-2/h3-8,11,18H,9-10,12H2,1-2H3. The van der Waals surface area contributed by atoms with Crippen molar-refractivity contribution < 1.29 is 18.3 Å². The number of fused-ring (bicyclic) bond motifs is 1. The summed E-state index contributed by atoms with van der Waals surface area (Å²) in [5, 5.41) is 0.901. The van der Waals surface area contributed by atoms with Crippen molar-refractivity contribution in [1.82, 2.24) is 9.55 Å². The van der Waals surface area contributed by atoms with Crippen LogP contribution in [0.25, 0.3) is 11.0 Å². The van der Waals surface area contributed by atoms with Crippen LogP contribution in [0.3, 0.4) is 0 Å². The summed E-state index contributed by atoms with van der Waals surface area (Å²) in [4.78, 5) is 5.15.